The van der Waals surface area contributed by atoms with E-state index in [9.17, 15) is 13.2 Å². The standard InChI is InChI=1S/C23H29ClN2O5S/c1-17-16-20(8-11-22(17)24)31-18(2)23(27)25-12-15-30-19-6-9-21(10-7-19)32(28,29)26-13-4-3-5-14-26/h6-11,16,18H,3-5,12-15H2,1-2H3,(H,25,27). The fourth-order valence-corrected chi connectivity index (χ4v) is 5.03. The second kappa shape index (κ2) is 11.0. The first-order valence-corrected chi connectivity index (χ1v) is 12.5. The SMILES string of the molecule is Cc1cc(OC(C)C(=O)NCCOc2ccc(S(=O)(=O)N3CCCCC3)cc2)ccc1Cl. The van der Waals surface area contributed by atoms with Gasteiger partial charge in [-0.25, -0.2) is 8.42 Å². The number of ether oxygens (including phenoxy) is 2. The molecule has 32 heavy (non-hydrogen) atoms. The van der Waals surface area contributed by atoms with Crippen LogP contribution < -0.4 is 14.8 Å². The molecule has 1 aliphatic heterocycles. The third-order valence-corrected chi connectivity index (χ3v) is 7.60. The van der Waals surface area contributed by atoms with Crippen LogP contribution in [0.5, 0.6) is 11.5 Å². The lowest BCUT2D eigenvalue weighted by atomic mass is 10.2. The number of carbonyl (C=O) groups excluding carboxylic acids is 1. The molecule has 0 aromatic heterocycles. The number of halogens is 1. The molecule has 1 aliphatic rings. The molecule has 1 amide bonds. The van der Waals surface area contributed by atoms with Crippen molar-refractivity contribution in [2.24, 2.45) is 0 Å². The number of nitrogens with zero attached hydrogens (tertiary/aromatic N) is 1. The van der Waals surface area contributed by atoms with Crippen molar-refractivity contribution in [1.29, 1.82) is 0 Å². The summed E-state index contributed by atoms with van der Waals surface area (Å²) in [5.74, 6) is 0.854. The number of rotatable bonds is 9. The Kier molecular flexibility index (Phi) is 8.39. The van der Waals surface area contributed by atoms with Gasteiger partial charge in [0, 0.05) is 18.1 Å². The highest BCUT2D eigenvalue weighted by Gasteiger charge is 2.25. The number of hydrogen-bond acceptors (Lipinski definition) is 5. The summed E-state index contributed by atoms with van der Waals surface area (Å²) in [6.07, 6.45) is 2.19. The first kappa shape index (κ1) is 24.4. The van der Waals surface area contributed by atoms with E-state index < -0.39 is 16.1 Å². The summed E-state index contributed by atoms with van der Waals surface area (Å²) in [4.78, 5) is 12.5. The largest absolute Gasteiger partial charge is 0.492 e. The first-order valence-electron chi connectivity index (χ1n) is 10.7. The Bertz CT molecular complexity index is 1020. The fourth-order valence-electron chi connectivity index (χ4n) is 3.40. The molecule has 1 saturated heterocycles. The molecule has 9 heteroatoms. The highest BCUT2D eigenvalue weighted by atomic mass is 35.5. The number of carbonyl (C=O) groups is 1. The van der Waals surface area contributed by atoms with Crippen molar-refractivity contribution in [2.75, 3.05) is 26.2 Å². The van der Waals surface area contributed by atoms with E-state index in [1.165, 1.54) is 4.31 Å². The van der Waals surface area contributed by atoms with E-state index in [0.29, 0.717) is 36.2 Å². The molecule has 1 fully saturated rings. The van der Waals surface area contributed by atoms with E-state index in [1.54, 1.807) is 49.4 Å². The van der Waals surface area contributed by atoms with Crippen LogP contribution in [-0.4, -0.2) is 51.0 Å². The van der Waals surface area contributed by atoms with Gasteiger partial charge in [0.1, 0.15) is 18.1 Å². The lowest BCUT2D eigenvalue weighted by Gasteiger charge is -2.25. The van der Waals surface area contributed by atoms with E-state index in [-0.39, 0.29) is 17.4 Å². The molecule has 7 nitrogen and oxygen atoms in total. The molecular formula is C23H29ClN2O5S. The highest BCUT2D eigenvalue weighted by molar-refractivity contribution is 7.89. The van der Waals surface area contributed by atoms with Crippen LogP contribution in [0.1, 0.15) is 31.7 Å². The molecule has 1 atom stereocenters. The van der Waals surface area contributed by atoms with Gasteiger partial charge in [-0.3, -0.25) is 4.79 Å². The summed E-state index contributed by atoms with van der Waals surface area (Å²) in [5.41, 5.74) is 0.875. The third-order valence-electron chi connectivity index (χ3n) is 5.26. The normalized spacial score (nSPS) is 15.7. The van der Waals surface area contributed by atoms with Crippen LogP contribution in [-0.2, 0) is 14.8 Å². The second-order valence-corrected chi connectivity index (χ2v) is 10.1. The predicted octanol–water partition coefficient (Wildman–Crippen LogP) is 3.79. The van der Waals surface area contributed by atoms with Crippen LogP contribution in [0, 0.1) is 6.92 Å². The minimum atomic E-state index is -3.46. The van der Waals surface area contributed by atoms with Gasteiger partial charge < -0.3 is 14.8 Å². The Hall–Kier alpha value is -2.29. The van der Waals surface area contributed by atoms with Gasteiger partial charge in [-0.1, -0.05) is 18.0 Å². The van der Waals surface area contributed by atoms with Gasteiger partial charge in [0.25, 0.3) is 5.91 Å². The number of nitrogens with one attached hydrogen (secondary N) is 1. The van der Waals surface area contributed by atoms with Crippen molar-refractivity contribution in [2.45, 2.75) is 44.1 Å². The number of hydrogen-bond donors (Lipinski definition) is 1. The topological polar surface area (TPSA) is 84.9 Å². The lowest BCUT2D eigenvalue weighted by Crippen LogP contribution is -2.38. The van der Waals surface area contributed by atoms with Crippen LogP contribution >= 0.6 is 11.6 Å². The monoisotopic (exact) mass is 480 g/mol. The van der Waals surface area contributed by atoms with Gasteiger partial charge >= 0.3 is 0 Å². The summed E-state index contributed by atoms with van der Waals surface area (Å²) in [7, 11) is -3.46. The van der Waals surface area contributed by atoms with Crippen molar-refractivity contribution < 1.29 is 22.7 Å². The molecule has 3 rings (SSSR count). The lowest BCUT2D eigenvalue weighted by molar-refractivity contribution is -0.127. The zero-order valence-corrected chi connectivity index (χ0v) is 19.9. The molecule has 1 N–H and O–H groups in total. The molecule has 0 spiro atoms. The zero-order valence-electron chi connectivity index (χ0n) is 18.3. The molecular weight excluding hydrogens is 452 g/mol. The van der Waals surface area contributed by atoms with E-state index >= 15 is 0 Å². The Morgan fingerprint density at radius 1 is 1.09 bits per heavy atom. The van der Waals surface area contributed by atoms with Crippen molar-refractivity contribution in [3.63, 3.8) is 0 Å². The Balaban J connectivity index is 1.43. The molecule has 2 aromatic rings. The Labute approximate surface area is 194 Å². The maximum absolute atomic E-state index is 12.7. The number of benzene rings is 2. The fraction of sp³-hybridized carbons (Fsp3) is 0.435. The van der Waals surface area contributed by atoms with Crippen LogP contribution in [0.15, 0.2) is 47.4 Å². The molecule has 0 aliphatic carbocycles. The van der Waals surface area contributed by atoms with Gasteiger partial charge in [-0.2, -0.15) is 4.31 Å². The predicted molar refractivity (Wildman–Crippen MR) is 124 cm³/mol. The first-order chi connectivity index (χ1) is 15.3. The van der Waals surface area contributed by atoms with Gasteiger partial charge in [0.2, 0.25) is 10.0 Å². The van der Waals surface area contributed by atoms with Gasteiger partial charge in [-0.15, -0.1) is 0 Å². The Morgan fingerprint density at radius 2 is 1.75 bits per heavy atom. The maximum Gasteiger partial charge on any atom is 0.260 e. The molecule has 2 aromatic carbocycles. The molecule has 0 saturated carbocycles. The summed E-state index contributed by atoms with van der Waals surface area (Å²) >= 11 is 6.00. The minimum absolute atomic E-state index is 0.247. The third kappa shape index (κ3) is 6.37. The molecule has 174 valence electrons. The number of sulfonamides is 1. The summed E-state index contributed by atoms with van der Waals surface area (Å²) in [6, 6.07) is 11.6. The van der Waals surface area contributed by atoms with Gasteiger partial charge in [0.05, 0.1) is 11.4 Å². The summed E-state index contributed by atoms with van der Waals surface area (Å²) < 4.78 is 38.2. The van der Waals surface area contributed by atoms with Crippen LogP contribution in [0.4, 0.5) is 0 Å². The summed E-state index contributed by atoms with van der Waals surface area (Å²) in [5, 5.41) is 3.40. The van der Waals surface area contributed by atoms with Crippen molar-refractivity contribution >= 4 is 27.5 Å². The molecule has 1 unspecified atom stereocenters. The molecule has 0 bridgehead atoms. The average Bonchev–Trinajstić information content (AvgIpc) is 2.80. The highest BCUT2D eigenvalue weighted by Crippen LogP contribution is 2.23. The Morgan fingerprint density at radius 3 is 2.41 bits per heavy atom. The molecule has 0 radical (unpaired) electrons. The zero-order chi connectivity index (χ0) is 23.1. The molecule has 1 heterocycles. The van der Waals surface area contributed by atoms with E-state index in [4.69, 9.17) is 21.1 Å². The number of amides is 1. The second-order valence-electron chi connectivity index (χ2n) is 7.75. The smallest absolute Gasteiger partial charge is 0.260 e. The van der Waals surface area contributed by atoms with E-state index in [2.05, 4.69) is 5.32 Å². The van der Waals surface area contributed by atoms with E-state index in [1.807, 2.05) is 6.92 Å². The van der Waals surface area contributed by atoms with Gasteiger partial charge in [0.15, 0.2) is 6.10 Å². The quantitative estimate of drug-likeness (QED) is 0.552. The van der Waals surface area contributed by atoms with Crippen LogP contribution in [0.3, 0.4) is 0 Å². The number of aryl methyl sites for hydroxylation is 1. The van der Waals surface area contributed by atoms with Gasteiger partial charge in [-0.05, 0) is 74.7 Å². The van der Waals surface area contributed by atoms with E-state index in [0.717, 1.165) is 24.8 Å². The van der Waals surface area contributed by atoms with Crippen LogP contribution in [0.25, 0.3) is 0 Å². The number of piperidine rings is 1. The van der Waals surface area contributed by atoms with Crippen molar-refractivity contribution in [1.82, 2.24) is 9.62 Å². The van der Waals surface area contributed by atoms with Crippen molar-refractivity contribution in [3.05, 3.63) is 53.1 Å². The van der Waals surface area contributed by atoms with Crippen LogP contribution in [0.2, 0.25) is 5.02 Å². The maximum atomic E-state index is 12.7. The average molecular weight is 481 g/mol. The van der Waals surface area contributed by atoms with Crippen molar-refractivity contribution in [3.8, 4) is 11.5 Å². The summed E-state index contributed by atoms with van der Waals surface area (Å²) in [6.45, 7) is 5.21. The minimum Gasteiger partial charge on any atom is -0.492 e.